The van der Waals surface area contributed by atoms with Gasteiger partial charge in [0.2, 0.25) is 5.76 Å². The molecule has 0 bridgehead atoms. The molecule has 1 amide bonds. The molecule has 1 fully saturated rings. The zero-order valence-electron chi connectivity index (χ0n) is 17.7. The van der Waals surface area contributed by atoms with E-state index in [4.69, 9.17) is 13.9 Å². The second-order valence-corrected chi connectivity index (χ2v) is 7.94. The maximum Gasteiger partial charge on any atom is 0.290 e. The molecule has 32 heavy (non-hydrogen) atoms. The first-order chi connectivity index (χ1) is 15.6. The highest BCUT2D eigenvalue weighted by Crippen LogP contribution is 2.38. The van der Waals surface area contributed by atoms with E-state index in [1.54, 1.807) is 35.2 Å². The lowest BCUT2D eigenvalue weighted by Crippen LogP contribution is -2.42. The van der Waals surface area contributed by atoms with Gasteiger partial charge in [-0.05, 0) is 29.8 Å². The van der Waals surface area contributed by atoms with E-state index in [0.29, 0.717) is 54.1 Å². The lowest BCUT2D eigenvalue weighted by molar-refractivity contribution is 0.0314. The summed E-state index contributed by atoms with van der Waals surface area (Å²) in [6, 6.07) is 10.2. The van der Waals surface area contributed by atoms with Crippen LogP contribution in [0.3, 0.4) is 0 Å². The Balaban J connectivity index is 1.60. The molecule has 0 spiro atoms. The third kappa shape index (κ3) is 3.55. The number of benzene rings is 2. The van der Waals surface area contributed by atoms with E-state index in [-0.39, 0.29) is 22.9 Å². The predicted molar refractivity (Wildman–Crippen MR) is 116 cm³/mol. The van der Waals surface area contributed by atoms with E-state index >= 15 is 0 Å². The standard InChI is InChI=1S/C24H23FN2O5/c1-30-17-6-7-18-19(14-17)32-23-20(22(18)28)21(15-2-4-16(25)5-3-15)27(24(23)29)9-8-26-10-12-31-13-11-26/h2-7,14,21H,8-13H2,1H3/t21-/m0/s1. The van der Waals surface area contributed by atoms with Gasteiger partial charge in [0.25, 0.3) is 5.91 Å². The second-order valence-electron chi connectivity index (χ2n) is 7.94. The van der Waals surface area contributed by atoms with Gasteiger partial charge in [-0.1, -0.05) is 12.1 Å². The summed E-state index contributed by atoms with van der Waals surface area (Å²) in [7, 11) is 1.52. The average Bonchev–Trinajstić information content (AvgIpc) is 3.10. The Morgan fingerprint density at radius 1 is 1.06 bits per heavy atom. The van der Waals surface area contributed by atoms with Crippen molar-refractivity contribution in [2.75, 3.05) is 46.5 Å². The molecule has 3 heterocycles. The van der Waals surface area contributed by atoms with Gasteiger partial charge in [-0.15, -0.1) is 0 Å². The Kier molecular flexibility index (Phi) is 5.40. The van der Waals surface area contributed by atoms with Gasteiger partial charge in [-0.2, -0.15) is 0 Å². The lowest BCUT2D eigenvalue weighted by Gasteiger charge is -2.31. The maximum absolute atomic E-state index is 13.6. The van der Waals surface area contributed by atoms with Gasteiger partial charge in [-0.3, -0.25) is 14.5 Å². The molecule has 1 saturated heterocycles. The van der Waals surface area contributed by atoms with Crippen LogP contribution in [0, 0.1) is 5.82 Å². The fourth-order valence-corrected chi connectivity index (χ4v) is 4.42. The van der Waals surface area contributed by atoms with E-state index in [2.05, 4.69) is 4.90 Å². The van der Waals surface area contributed by atoms with Crippen LogP contribution in [0.4, 0.5) is 4.39 Å². The number of carbonyl (C=O) groups excluding carboxylic acids is 1. The summed E-state index contributed by atoms with van der Waals surface area (Å²) in [5, 5.41) is 0.375. The van der Waals surface area contributed by atoms with E-state index in [9.17, 15) is 14.0 Å². The number of hydrogen-bond donors (Lipinski definition) is 0. The van der Waals surface area contributed by atoms with Gasteiger partial charge in [-0.25, -0.2) is 4.39 Å². The highest BCUT2D eigenvalue weighted by molar-refractivity contribution is 5.99. The molecular weight excluding hydrogens is 415 g/mol. The number of nitrogens with zero attached hydrogens (tertiary/aromatic N) is 2. The van der Waals surface area contributed by atoms with E-state index in [1.165, 1.54) is 19.2 Å². The molecule has 2 aliphatic rings. The number of morpholine rings is 1. The molecule has 0 radical (unpaired) electrons. The van der Waals surface area contributed by atoms with Crippen molar-refractivity contribution in [3.63, 3.8) is 0 Å². The van der Waals surface area contributed by atoms with Crippen LogP contribution in [0.15, 0.2) is 51.7 Å². The molecule has 2 aromatic carbocycles. The number of fused-ring (bicyclic) bond motifs is 2. The minimum Gasteiger partial charge on any atom is -0.497 e. The molecule has 0 aliphatic carbocycles. The van der Waals surface area contributed by atoms with Gasteiger partial charge in [0.05, 0.1) is 37.3 Å². The van der Waals surface area contributed by atoms with E-state index in [0.717, 1.165) is 13.1 Å². The average molecular weight is 438 g/mol. The van der Waals surface area contributed by atoms with Crippen LogP contribution in [-0.4, -0.2) is 62.2 Å². The smallest absolute Gasteiger partial charge is 0.290 e. The highest BCUT2D eigenvalue weighted by atomic mass is 19.1. The number of rotatable bonds is 5. The summed E-state index contributed by atoms with van der Waals surface area (Å²) in [5.74, 6) is -0.155. The number of halogens is 1. The quantitative estimate of drug-likeness (QED) is 0.610. The van der Waals surface area contributed by atoms with Crippen molar-refractivity contribution >= 4 is 16.9 Å². The van der Waals surface area contributed by atoms with Crippen LogP contribution in [0.2, 0.25) is 0 Å². The van der Waals surface area contributed by atoms with Gasteiger partial charge in [0.15, 0.2) is 5.43 Å². The van der Waals surface area contributed by atoms with Crippen molar-refractivity contribution in [2.24, 2.45) is 0 Å². The summed E-state index contributed by atoms with van der Waals surface area (Å²) >= 11 is 0. The molecule has 7 nitrogen and oxygen atoms in total. The van der Waals surface area contributed by atoms with Crippen LogP contribution >= 0.6 is 0 Å². The fourth-order valence-electron chi connectivity index (χ4n) is 4.42. The first-order valence-corrected chi connectivity index (χ1v) is 10.6. The number of amides is 1. The molecule has 0 unspecified atom stereocenters. The zero-order valence-corrected chi connectivity index (χ0v) is 17.7. The topological polar surface area (TPSA) is 72.2 Å². The lowest BCUT2D eigenvalue weighted by atomic mass is 9.98. The number of methoxy groups -OCH3 is 1. The van der Waals surface area contributed by atoms with Crippen molar-refractivity contribution in [1.82, 2.24) is 9.80 Å². The first-order valence-electron chi connectivity index (χ1n) is 10.6. The summed E-state index contributed by atoms with van der Waals surface area (Å²) < 4.78 is 30.2. The Hall–Kier alpha value is -3.23. The van der Waals surface area contributed by atoms with Gasteiger partial charge >= 0.3 is 0 Å². The number of hydrogen-bond acceptors (Lipinski definition) is 6. The van der Waals surface area contributed by atoms with Crippen molar-refractivity contribution in [2.45, 2.75) is 6.04 Å². The Morgan fingerprint density at radius 2 is 1.81 bits per heavy atom. The Bertz CT molecular complexity index is 1220. The molecule has 3 aromatic rings. The van der Waals surface area contributed by atoms with Crippen LogP contribution in [0.1, 0.15) is 27.7 Å². The second kappa shape index (κ2) is 8.37. The van der Waals surface area contributed by atoms with Crippen LogP contribution in [-0.2, 0) is 4.74 Å². The number of ether oxygens (including phenoxy) is 2. The Labute approximate surface area is 183 Å². The van der Waals surface area contributed by atoms with Gasteiger partial charge in [0.1, 0.15) is 17.1 Å². The van der Waals surface area contributed by atoms with Crippen LogP contribution in [0.5, 0.6) is 5.75 Å². The minimum atomic E-state index is -0.637. The van der Waals surface area contributed by atoms with Gasteiger partial charge in [0, 0.05) is 32.2 Å². The SMILES string of the molecule is COc1ccc2c(=O)c3c(oc2c1)C(=O)N(CCN1CCOCC1)[C@H]3c1ccc(F)cc1. The van der Waals surface area contributed by atoms with Crippen molar-refractivity contribution in [3.05, 3.63) is 75.4 Å². The maximum atomic E-state index is 13.6. The van der Waals surface area contributed by atoms with Crippen molar-refractivity contribution in [3.8, 4) is 5.75 Å². The molecule has 166 valence electrons. The largest absolute Gasteiger partial charge is 0.497 e. The minimum absolute atomic E-state index is 0.0343. The van der Waals surface area contributed by atoms with Crippen molar-refractivity contribution < 1.29 is 23.1 Å². The first kappa shape index (κ1) is 20.7. The van der Waals surface area contributed by atoms with Gasteiger partial charge < -0.3 is 18.8 Å². The van der Waals surface area contributed by atoms with Crippen LogP contribution < -0.4 is 10.2 Å². The molecule has 1 aromatic heterocycles. The fraction of sp³-hybridized carbons (Fsp3) is 0.333. The summed E-state index contributed by atoms with van der Waals surface area (Å²) in [6.45, 7) is 3.94. The third-order valence-corrected chi connectivity index (χ3v) is 6.12. The monoisotopic (exact) mass is 438 g/mol. The molecule has 5 rings (SSSR count). The summed E-state index contributed by atoms with van der Waals surface area (Å²) in [4.78, 5) is 30.8. The molecular formula is C24H23FN2O5. The molecule has 8 heteroatoms. The summed E-state index contributed by atoms with van der Waals surface area (Å²) in [5.41, 5.74) is 0.997. The number of carbonyl (C=O) groups is 1. The normalized spacial score (nSPS) is 18.9. The zero-order chi connectivity index (χ0) is 22.2. The summed E-state index contributed by atoms with van der Waals surface area (Å²) in [6.07, 6.45) is 0. The highest BCUT2D eigenvalue weighted by Gasteiger charge is 2.42. The van der Waals surface area contributed by atoms with E-state index < -0.39 is 6.04 Å². The van der Waals surface area contributed by atoms with E-state index in [1.807, 2.05) is 0 Å². The third-order valence-electron chi connectivity index (χ3n) is 6.12. The predicted octanol–water partition coefficient (Wildman–Crippen LogP) is 2.82. The molecule has 1 atom stereocenters. The molecule has 2 aliphatic heterocycles. The molecule has 0 saturated carbocycles. The van der Waals surface area contributed by atoms with Crippen molar-refractivity contribution in [1.29, 1.82) is 0 Å². The molecule has 0 N–H and O–H groups in total. The Morgan fingerprint density at radius 3 is 2.53 bits per heavy atom. The van der Waals surface area contributed by atoms with Crippen LogP contribution in [0.25, 0.3) is 11.0 Å².